The number of rotatable bonds is 6. The van der Waals surface area contributed by atoms with Crippen LogP contribution in [0.5, 0.6) is 5.75 Å². The van der Waals surface area contributed by atoms with E-state index in [9.17, 15) is 17.6 Å². The number of halogens is 1. The van der Waals surface area contributed by atoms with Crippen LogP contribution in [-0.4, -0.2) is 31.6 Å². The highest BCUT2D eigenvalue weighted by Crippen LogP contribution is 2.36. The van der Waals surface area contributed by atoms with Gasteiger partial charge in [-0.1, -0.05) is 89.4 Å². The van der Waals surface area contributed by atoms with Crippen molar-refractivity contribution in [2.24, 2.45) is 17.8 Å². The maximum Gasteiger partial charge on any atom is 0.338 e. The monoisotopic (exact) mass is 598 g/mol. The molecule has 228 valence electrons. The minimum atomic E-state index is -4.14. The molecule has 0 aliphatic heterocycles. The molecule has 1 aromatic carbocycles. The second-order valence-corrected chi connectivity index (χ2v) is 13.4. The standard InChI is InChI=1S/C33H43FN2O5S/c1-41-32-21-29(33(37)38)30(34)22-31(32)36-42(39,40)28-20-19-27(35-23-28)18-17-24-11-8-9-15-26(16-10-12-24)25-13-6-4-2-3-5-7-14-25/h19-26,36H,2-16H2,1H3,(H,37,38). The number of anilines is 1. The zero-order valence-electron chi connectivity index (χ0n) is 24.5. The number of methoxy groups -OCH3 is 1. The van der Waals surface area contributed by atoms with E-state index in [1.807, 2.05) is 0 Å². The van der Waals surface area contributed by atoms with Crippen LogP contribution in [-0.2, 0) is 10.0 Å². The topological polar surface area (TPSA) is 106 Å². The molecule has 0 saturated heterocycles. The van der Waals surface area contributed by atoms with Crippen LogP contribution in [0.3, 0.4) is 0 Å². The number of carbonyl (C=O) groups is 1. The molecule has 2 fully saturated rings. The molecule has 2 aromatic rings. The molecule has 2 saturated carbocycles. The third kappa shape index (κ3) is 8.94. The lowest BCUT2D eigenvalue weighted by Gasteiger charge is -2.27. The van der Waals surface area contributed by atoms with Gasteiger partial charge in [-0.2, -0.15) is 0 Å². The van der Waals surface area contributed by atoms with E-state index in [1.165, 1.54) is 103 Å². The van der Waals surface area contributed by atoms with Gasteiger partial charge in [0.25, 0.3) is 10.0 Å². The third-order valence-electron chi connectivity index (χ3n) is 8.79. The van der Waals surface area contributed by atoms with Gasteiger partial charge in [-0.3, -0.25) is 4.72 Å². The van der Waals surface area contributed by atoms with Gasteiger partial charge in [0.2, 0.25) is 0 Å². The summed E-state index contributed by atoms with van der Waals surface area (Å²) in [7, 11) is -2.90. The van der Waals surface area contributed by atoms with E-state index >= 15 is 0 Å². The summed E-state index contributed by atoms with van der Waals surface area (Å²) < 4.78 is 47.4. The number of aromatic nitrogens is 1. The third-order valence-corrected chi connectivity index (χ3v) is 10.1. The van der Waals surface area contributed by atoms with Gasteiger partial charge in [0.05, 0.1) is 18.4 Å². The van der Waals surface area contributed by atoms with Crippen molar-refractivity contribution in [3.05, 3.63) is 47.5 Å². The van der Waals surface area contributed by atoms with Crippen LogP contribution in [0.4, 0.5) is 10.1 Å². The SMILES string of the molecule is COc1cc(C(=O)O)c(F)cc1NS(=O)(=O)c1ccc(C#CC2CCCCC(C3CCCCCCCC3)CCC2)nc1. The van der Waals surface area contributed by atoms with Gasteiger partial charge in [-0.15, -0.1) is 0 Å². The molecule has 0 bridgehead atoms. The number of aromatic carboxylic acids is 1. The molecule has 0 amide bonds. The molecule has 0 radical (unpaired) electrons. The number of hydrogen-bond acceptors (Lipinski definition) is 5. The summed E-state index contributed by atoms with van der Waals surface area (Å²) in [6.45, 7) is 0. The first kappa shape index (κ1) is 31.8. The predicted octanol–water partition coefficient (Wildman–Crippen LogP) is 7.81. The summed E-state index contributed by atoms with van der Waals surface area (Å²) in [4.78, 5) is 15.3. The summed E-state index contributed by atoms with van der Waals surface area (Å²) in [6, 6.07) is 4.68. The second-order valence-electron chi connectivity index (χ2n) is 11.7. The van der Waals surface area contributed by atoms with Crippen LogP contribution in [0, 0.1) is 35.4 Å². The smallest absolute Gasteiger partial charge is 0.338 e. The van der Waals surface area contributed by atoms with Gasteiger partial charge in [0, 0.05) is 18.2 Å². The summed E-state index contributed by atoms with van der Waals surface area (Å²) in [6.07, 6.45) is 20.9. The van der Waals surface area contributed by atoms with Crippen LogP contribution in [0.15, 0.2) is 35.4 Å². The van der Waals surface area contributed by atoms with Crippen LogP contribution in [0.2, 0.25) is 0 Å². The highest BCUT2D eigenvalue weighted by molar-refractivity contribution is 7.92. The van der Waals surface area contributed by atoms with Crippen LogP contribution >= 0.6 is 0 Å². The first-order valence-electron chi connectivity index (χ1n) is 15.4. The summed E-state index contributed by atoms with van der Waals surface area (Å²) in [5.74, 6) is 5.93. The molecular weight excluding hydrogens is 555 g/mol. The van der Waals surface area contributed by atoms with Crippen LogP contribution in [0.25, 0.3) is 0 Å². The Morgan fingerprint density at radius 3 is 2.14 bits per heavy atom. The van der Waals surface area contributed by atoms with Crippen LogP contribution in [0.1, 0.15) is 112 Å². The number of carboxylic acids is 1. The molecular formula is C33H43FN2O5S. The quantitative estimate of drug-likeness (QED) is 0.329. The van der Waals surface area contributed by atoms with E-state index in [4.69, 9.17) is 9.84 Å². The van der Waals surface area contributed by atoms with Crippen molar-refractivity contribution < 1.29 is 27.4 Å². The predicted molar refractivity (Wildman–Crippen MR) is 162 cm³/mol. The minimum absolute atomic E-state index is 0.116. The molecule has 9 heteroatoms. The molecule has 2 unspecified atom stereocenters. The number of nitrogens with one attached hydrogen (secondary N) is 1. The number of benzene rings is 1. The highest BCUT2D eigenvalue weighted by Gasteiger charge is 2.24. The molecule has 7 nitrogen and oxygen atoms in total. The molecule has 1 heterocycles. The average molecular weight is 599 g/mol. The molecule has 0 spiro atoms. The van der Waals surface area contributed by atoms with Gasteiger partial charge in [0.15, 0.2) is 0 Å². The first-order chi connectivity index (χ1) is 20.3. The Labute approximate surface area is 249 Å². The molecule has 4 rings (SSSR count). The van der Waals surface area contributed by atoms with Gasteiger partial charge >= 0.3 is 5.97 Å². The fourth-order valence-corrected chi connectivity index (χ4v) is 7.43. The fraction of sp³-hybridized carbons (Fsp3) is 0.576. The largest absolute Gasteiger partial charge is 0.495 e. The van der Waals surface area contributed by atoms with Gasteiger partial charge < -0.3 is 9.84 Å². The van der Waals surface area contributed by atoms with Crippen molar-refractivity contribution in [3.63, 3.8) is 0 Å². The number of pyridine rings is 1. The maximum atomic E-state index is 14.2. The Hall–Kier alpha value is -3.12. The maximum absolute atomic E-state index is 14.2. The van der Waals surface area contributed by atoms with E-state index in [0.717, 1.165) is 36.8 Å². The lowest BCUT2D eigenvalue weighted by Crippen LogP contribution is -2.15. The van der Waals surface area contributed by atoms with E-state index in [0.29, 0.717) is 11.6 Å². The fourth-order valence-electron chi connectivity index (χ4n) is 6.42. The Bertz CT molecular complexity index is 1360. The number of hydrogen-bond donors (Lipinski definition) is 2. The van der Waals surface area contributed by atoms with Crippen molar-refractivity contribution in [1.29, 1.82) is 0 Å². The van der Waals surface area contributed by atoms with Crippen molar-refractivity contribution >= 4 is 21.7 Å². The van der Waals surface area contributed by atoms with E-state index in [2.05, 4.69) is 21.5 Å². The number of ether oxygens (including phenoxy) is 1. The zero-order valence-corrected chi connectivity index (χ0v) is 25.4. The lowest BCUT2D eigenvalue weighted by molar-refractivity contribution is 0.0691. The van der Waals surface area contributed by atoms with Gasteiger partial charge in [-0.25, -0.2) is 22.6 Å². The van der Waals surface area contributed by atoms with Gasteiger partial charge in [-0.05, 0) is 48.8 Å². The van der Waals surface area contributed by atoms with Crippen molar-refractivity contribution in [2.45, 2.75) is 101 Å². The Morgan fingerprint density at radius 1 is 0.929 bits per heavy atom. The summed E-state index contributed by atoms with van der Waals surface area (Å²) in [5.41, 5.74) is -0.340. The van der Waals surface area contributed by atoms with E-state index < -0.39 is 27.4 Å². The van der Waals surface area contributed by atoms with Crippen molar-refractivity contribution in [1.82, 2.24) is 4.98 Å². The average Bonchev–Trinajstić information content (AvgIpc) is 3.18. The number of carboxylic acid groups (broad SMARTS) is 1. The van der Waals surface area contributed by atoms with Crippen molar-refractivity contribution in [3.8, 4) is 17.6 Å². The normalized spacial score (nSPS) is 21.2. The molecule has 42 heavy (non-hydrogen) atoms. The van der Waals surface area contributed by atoms with Gasteiger partial charge in [0.1, 0.15) is 22.2 Å². The molecule has 1 aromatic heterocycles. The lowest BCUT2D eigenvalue weighted by atomic mass is 9.79. The van der Waals surface area contributed by atoms with Crippen molar-refractivity contribution in [2.75, 3.05) is 11.8 Å². The highest BCUT2D eigenvalue weighted by atomic mass is 32.2. The Kier molecular flexibility index (Phi) is 11.6. The molecule has 2 aliphatic carbocycles. The first-order valence-corrected chi connectivity index (χ1v) is 16.9. The molecule has 2 atom stereocenters. The summed E-state index contributed by atoms with van der Waals surface area (Å²) in [5, 5.41) is 9.11. The zero-order chi connectivity index (χ0) is 30.0. The number of sulfonamides is 1. The number of nitrogens with zero attached hydrogens (tertiary/aromatic N) is 1. The summed E-state index contributed by atoms with van der Waals surface area (Å²) >= 11 is 0. The second kappa shape index (κ2) is 15.4. The Balaban J connectivity index is 1.37. The molecule has 2 N–H and O–H groups in total. The van der Waals surface area contributed by atoms with E-state index in [1.54, 1.807) is 6.07 Å². The van der Waals surface area contributed by atoms with E-state index in [-0.39, 0.29) is 16.3 Å². The Morgan fingerprint density at radius 2 is 1.52 bits per heavy atom. The van der Waals surface area contributed by atoms with Crippen LogP contribution < -0.4 is 9.46 Å². The molecule has 2 aliphatic rings. The minimum Gasteiger partial charge on any atom is -0.495 e.